The lowest BCUT2D eigenvalue weighted by atomic mass is 10.2. The minimum absolute atomic E-state index is 0.236. The molecule has 3 nitrogen and oxygen atoms in total. The van der Waals surface area contributed by atoms with Gasteiger partial charge in [0.05, 0.1) is 11.2 Å². The first kappa shape index (κ1) is 14.8. The van der Waals surface area contributed by atoms with Gasteiger partial charge in [-0.2, -0.15) is 0 Å². The van der Waals surface area contributed by atoms with Crippen molar-refractivity contribution in [2.24, 2.45) is 0 Å². The summed E-state index contributed by atoms with van der Waals surface area (Å²) in [6.45, 7) is 3.80. The molecule has 2 aromatic rings. The van der Waals surface area contributed by atoms with Crippen LogP contribution in [0.5, 0.6) is 11.5 Å². The predicted molar refractivity (Wildman–Crippen MR) is 77.7 cm³/mol. The number of benzene rings is 1. The highest BCUT2D eigenvalue weighted by Crippen LogP contribution is 2.29. The van der Waals surface area contributed by atoms with E-state index in [0.717, 1.165) is 25.1 Å². The van der Waals surface area contributed by atoms with Gasteiger partial charge in [0.25, 0.3) is 0 Å². The Morgan fingerprint density at radius 2 is 2.15 bits per heavy atom. The van der Waals surface area contributed by atoms with E-state index in [1.165, 1.54) is 18.2 Å². The molecule has 0 bridgehead atoms. The van der Waals surface area contributed by atoms with E-state index in [9.17, 15) is 4.39 Å². The molecule has 0 unspecified atom stereocenters. The van der Waals surface area contributed by atoms with Crippen LogP contribution in [0.15, 0.2) is 36.7 Å². The monoisotopic (exact) mass is 294 g/mol. The molecule has 0 atom stereocenters. The summed E-state index contributed by atoms with van der Waals surface area (Å²) in [6, 6.07) is 5.91. The number of nitrogens with zero attached hydrogens (tertiary/aromatic N) is 1. The number of hydrogen-bond donors (Lipinski definition) is 1. The molecule has 0 aliphatic carbocycles. The van der Waals surface area contributed by atoms with Crippen LogP contribution in [-0.4, -0.2) is 11.5 Å². The van der Waals surface area contributed by atoms with Crippen molar-refractivity contribution in [1.29, 1.82) is 0 Å². The summed E-state index contributed by atoms with van der Waals surface area (Å²) in [5.41, 5.74) is 1.02. The van der Waals surface area contributed by atoms with Crippen LogP contribution in [0.4, 0.5) is 4.39 Å². The van der Waals surface area contributed by atoms with Crippen LogP contribution in [0, 0.1) is 5.82 Å². The van der Waals surface area contributed by atoms with Crippen molar-refractivity contribution < 1.29 is 9.13 Å². The summed E-state index contributed by atoms with van der Waals surface area (Å²) in [5.74, 6) is 0.598. The summed E-state index contributed by atoms with van der Waals surface area (Å²) < 4.78 is 18.6. The van der Waals surface area contributed by atoms with E-state index in [1.807, 2.05) is 6.07 Å². The third-order valence-corrected chi connectivity index (χ3v) is 2.94. The number of nitrogens with one attached hydrogen (secondary N) is 1. The highest BCUT2D eigenvalue weighted by atomic mass is 35.5. The van der Waals surface area contributed by atoms with E-state index in [2.05, 4.69) is 17.2 Å². The predicted octanol–water partition coefficient (Wildman–Crippen LogP) is 4.17. The summed E-state index contributed by atoms with van der Waals surface area (Å²) >= 11 is 5.92. The van der Waals surface area contributed by atoms with Crippen molar-refractivity contribution in [3.63, 3.8) is 0 Å². The van der Waals surface area contributed by atoms with Crippen molar-refractivity contribution in [2.75, 3.05) is 6.54 Å². The summed E-state index contributed by atoms with van der Waals surface area (Å²) in [7, 11) is 0. The lowest BCUT2D eigenvalue weighted by Crippen LogP contribution is -2.13. The molecule has 106 valence electrons. The van der Waals surface area contributed by atoms with Gasteiger partial charge in [0, 0.05) is 12.7 Å². The molecule has 0 fully saturated rings. The quantitative estimate of drug-likeness (QED) is 0.812. The van der Waals surface area contributed by atoms with Gasteiger partial charge in [-0.1, -0.05) is 18.5 Å². The van der Waals surface area contributed by atoms with Gasteiger partial charge in [0.1, 0.15) is 17.3 Å². The van der Waals surface area contributed by atoms with Crippen molar-refractivity contribution in [3.05, 3.63) is 53.1 Å². The van der Waals surface area contributed by atoms with E-state index in [-0.39, 0.29) is 5.02 Å². The SMILES string of the molecule is CCCNCc1cncc(Oc2ccc(F)cc2Cl)c1. The van der Waals surface area contributed by atoms with Crippen molar-refractivity contribution >= 4 is 11.6 Å². The molecule has 0 aliphatic rings. The number of hydrogen-bond acceptors (Lipinski definition) is 3. The van der Waals surface area contributed by atoms with Crippen LogP contribution in [0.3, 0.4) is 0 Å². The van der Waals surface area contributed by atoms with Gasteiger partial charge in [0.15, 0.2) is 0 Å². The first-order valence-corrected chi connectivity index (χ1v) is 6.84. The summed E-state index contributed by atoms with van der Waals surface area (Å²) in [6.07, 6.45) is 4.46. The van der Waals surface area contributed by atoms with E-state index >= 15 is 0 Å². The maximum atomic E-state index is 13.0. The van der Waals surface area contributed by atoms with Crippen LogP contribution in [-0.2, 0) is 6.54 Å². The third-order valence-electron chi connectivity index (χ3n) is 2.65. The minimum Gasteiger partial charge on any atom is -0.454 e. The lowest BCUT2D eigenvalue weighted by Gasteiger charge is -2.09. The molecule has 5 heteroatoms. The van der Waals surface area contributed by atoms with Gasteiger partial charge in [0.2, 0.25) is 0 Å². The van der Waals surface area contributed by atoms with Gasteiger partial charge in [-0.15, -0.1) is 0 Å². The maximum Gasteiger partial charge on any atom is 0.146 e. The zero-order valence-electron chi connectivity index (χ0n) is 11.2. The van der Waals surface area contributed by atoms with Gasteiger partial charge < -0.3 is 10.1 Å². The van der Waals surface area contributed by atoms with E-state index in [0.29, 0.717) is 11.5 Å². The van der Waals surface area contributed by atoms with E-state index in [1.54, 1.807) is 12.4 Å². The van der Waals surface area contributed by atoms with Gasteiger partial charge in [-0.3, -0.25) is 4.98 Å². The highest BCUT2D eigenvalue weighted by Gasteiger charge is 2.05. The second-order valence-electron chi connectivity index (χ2n) is 4.38. The number of rotatable bonds is 6. The fourth-order valence-corrected chi connectivity index (χ4v) is 1.92. The smallest absolute Gasteiger partial charge is 0.146 e. The number of ether oxygens (including phenoxy) is 1. The number of aromatic nitrogens is 1. The van der Waals surface area contributed by atoms with Gasteiger partial charge >= 0.3 is 0 Å². The Hall–Kier alpha value is -1.65. The topological polar surface area (TPSA) is 34.2 Å². The zero-order valence-corrected chi connectivity index (χ0v) is 12.0. The maximum absolute atomic E-state index is 13.0. The lowest BCUT2D eigenvalue weighted by molar-refractivity contribution is 0.477. The van der Waals surface area contributed by atoms with Crippen LogP contribution >= 0.6 is 11.6 Å². The summed E-state index contributed by atoms with van der Waals surface area (Å²) in [4.78, 5) is 4.12. The number of pyridine rings is 1. The molecule has 1 aromatic heterocycles. The Bertz CT molecular complexity index is 578. The first-order chi connectivity index (χ1) is 9.69. The van der Waals surface area contributed by atoms with Crippen LogP contribution in [0.1, 0.15) is 18.9 Å². The largest absolute Gasteiger partial charge is 0.454 e. The van der Waals surface area contributed by atoms with Crippen molar-refractivity contribution in [2.45, 2.75) is 19.9 Å². The molecule has 1 heterocycles. The molecule has 0 saturated heterocycles. The Balaban J connectivity index is 2.07. The molecule has 0 saturated carbocycles. The molecule has 0 amide bonds. The Kier molecular flexibility index (Phi) is 5.32. The second-order valence-corrected chi connectivity index (χ2v) is 4.79. The third kappa shape index (κ3) is 4.18. The minimum atomic E-state index is -0.391. The molecule has 0 spiro atoms. The van der Waals surface area contributed by atoms with Crippen molar-refractivity contribution in [1.82, 2.24) is 10.3 Å². The average molecular weight is 295 g/mol. The van der Waals surface area contributed by atoms with Crippen LogP contribution in [0.25, 0.3) is 0 Å². The van der Waals surface area contributed by atoms with E-state index < -0.39 is 5.82 Å². The molecule has 0 aliphatic heterocycles. The fraction of sp³-hybridized carbons (Fsp3) is 0.267. The Morgan fingerprint density at radius 1 is 1.30 bits per heavy atom. The molecule has 0 radical (unpaired) electrons. The molecule has 1 aromatic carbocycles. The molecular weight excluding hydrogens is 279 g/mol. The normalized spacial score (nSPS) is 10.6. The standard InChI is InChI=1S/C15H16ClFN2O/c1-2-5-18-8-11-6-13(10-19-9-11)20-15-4-3-12(17)7-14(15)16/h3-4,6-7,9-10,18H,2,5,8H2,1H3. The van der Waals surface area contributed by atoms with Crippen molar-refractivity contribution in [3.8, 4) is 11.5 Å². The Labute approximate surface area is 122 Å². The van der Waals surface area contributed by atoms with Gasteiger partial charge in [-0.05, 0) is 42.8 Å². The van der Waals surface area contributed by atoms with Gasteiger partial charge in [-0.25, -0.2) is 4.39 Å². The second kappa shape index (κ2) is 7.22. The summed E-state index contributed by atoms with van der Waals surface area (Å²) in [5, 5.41) is 3.53. The number of halogens is 2. The highest BCUT2D eigenvalue weighted by molar-refractivity contribution is 6.32. The van der Waals surface area contributed by atoms with E-state index in [4.69, 9.17) is 16.3 Å². The Morgan fingerprint density at radius 3 is 2.90 bits per heavy atom. The molecule has 20 heavy (non-hydrogen) atoms. The molecule has 2 rings (SSSR count). The van der Waals surface area contributed by atoms with Crippen LogP contribution in [0.2, 0.25) is 5.02 Å². The molecular formula is C15H16ClFN2O. The first-order valence-electron chi connectivity index (χ1n) is 6.46. The van der Waals surface area contributed by atoms with Crippen LogP contribution < -0.4 is 10.1 Å². The fourth-order valence-electron chi connectivity index (χ4n) is 1.71. The molecule has 1 N–H and O–H groups in total. The average Bonchev–Trinajstić information content (AvgIpc) is 2.43. The zero-order chi connectivity index (χ0) is 14.4.